The first-order valence-corrected chi connectivity index (χ1v) is 17.5. The van der Waals surface area contributed by atoms with Crippen molar-refractivity contribution in [3.05, 3.63) is 24.3 Å². The molecular weight excluding hydrogens is 494 g/mol. The van der Waals surface area contributed by atoms with Crippen LogP contribution in [0.4, 0.5) is 0 Å². The second-order valence-electron chi connectivity index (χ2n) is 12.0. The zero-order valence-electron chi connectivity index (χ0n) is 26.9. The molecule has 0 heterocycles. The van der Waals surface area contributed by atoms with E-state index in [-0.39, 0.29) is 12.5 Å². The highest BCUT2D eigenvalue weighted by Crippen LogP contribution is 2.13. The van der Waals surface area contributed by atoms with Gasteiger partial charge in [0.25, 0.3) is 0 Å². The van der Waals surface area contributed by atoms with Crippen LogP contribution in [0.1, 0.15) is 181 Å². The molecule has 0 saturated carbocycles. The Hall–Kier alpha value is -1.13. The van der Waals surface area contributed by atoms with Gasteiger partial charge in [-0.3, -0.25) is 4.79 Å². The number of carbonyl (C=O) groups excluding carboxylic acids is 1. The second-order valence-corrected chi connectivity index (χ2v) is 12.0. The van der Waals surface area contributed by atoms with Crippen LogP contribution in [0, 0.1) is 0 Å². The standard InChI is InChI=1S/C36H69NO3/c1-3-5-7-9-11-13-15-17-18-20-22-24-26-28-30-32-36(40)37-34(33-38)35(39)31-29-27-25-23-21-19-16-14-12-10-8-6-4-2/h27-30,34-35,38-39H,3-26,31-33H2,1-2H3,(H,37,40)/t34-,35+/m0/s1. The molecule has 0 radical (unpaired) electrons. The maximum absolute atomic E-state index is 12.2. The van der Waals surface area contributed by atoms with Crippen molar-refractivity contribution in [3.63, 3.8) is 0 Å². The van der Waals surface area contributed by atoms with Gasteiger partial charge in [0.15, 0.2) is 0 Å². The van der Waals surface area contributed by atoms with Crippen molar-refractivity contribution in [2.45, 2.75) is 193 Å². The molecule has 0 aromatic carbocycles. The minimum Gasteiger partial charge on any atom is -0.394 e. The number of aliphatic hydroxyl groups excluding tert-OH is 2. The number of hydrogen-bond donors (Lipinski definition) is 3. The average molecular weight is 564 g/mol. The highest BCUT2D eigenvalue weighted by atomic mass is 16.3. The van der Waals surface area contributed by atoms with Gasteiger partial charge in [-0.1, -0.05) is 167 Å². The van der Waals surface area contributed by atoms with Crippen LogP contribution in [-0.4, -0.2) is 34.9 Å². The molecule has 4 nitrogen and oxygen atoms in total. The molecule has 236 valence electrons. The van der Waals surface area contributed by atoms with E-state index in [0.29, 0.717) is 12.8 Å². The van der Waals surface area contributed by atoms with Crippen LogP contribution >= 0.6 is 0 Å². The zero-order valence-corrected chi connectivity index (χ0v) is 26.9. The van der Waals surface area contributed by atoms with Gasteiger partial charge in [-0.15, -0.1) is 0 Å². The quantitative estimate of drug-likeness (QED) is 0.0580. The van der Waals surface area contributed by atoms with E-state index in [1.165, 1.54) is 141 Å². The lowest BCUT2D eigenvalue weighted by Gasteiger charge is -2.21. The van der Waals surface area contributed by atoms with E-state index in [9.17, 15) is 15.0 Å². The van der Waals surface area contributed by atoms with Gasteiger partial charge in [0, 0.05) is 6.42 Å². The van der Waals surface area contributed by atoms with Crippen molar-refractivity contribution in [2.75, 3.05) is 6.61 Å². The van der Waals surface area contributed by atoms with Crippen molar-refractivity contribution >= 4 is 5.91 Å². The van der Waals surface area contributed by atoms with Crippen molar-refractivity contribution in [1.82, 2.24) is 5.32 Å². The smallest absolute Gasteiger partial charge is 0.224 e. The van der Waals surface area contributed by atoms with Crippen molar-refractivity contribution in [2.24, 2.45) is 0 Å². The fourth-order valence-corrected chi connectivity index (χ4v) is 5.21. The summed E-state index contributed by atoms with van der Waals surface area (Å²) in [4.78, 5) is 12.2. The number of nitrogens with one attached hydrogen (secondary N) is 1. The van der Waals surface area contributed by atoms with Gasteiger partial charge in [-0.25, -0.2) is 0 Å². The van der Waals surface area contributed by atoms with Crippen molar-refractivity contribution < 1.29 is 15.0 Å². The second kappa shape index (κ2) is 32.4. The summed E-state index contributed by atoms with van der Waals surface area (Å²) in [6, 6.07) is -0.612. The van der Waals surface area contributed by atoms with Gasteiger partial charge in [-0.2, -0.15) is 0 Å². The van der Waals surface area contributed by atoms with Gasteiger partial charge in [0.2, 0.25) is 5.91 Å². The van der Waals surface area contributed by atoms with E-state index >= 15 is 0 Å². The number of unbranched alkanes of at least 4 members (excludes halogenated alkanes) is 22. The summed E-state index contributed by atoms with van der Waals surface area (Å²) in [7, 11) is 0. The largest absolute Gasteiger partial charge is 0.394 e. The number of amides is 1. The highest BCUT2D eigenvalue weighted by Gasteiger charge is 2.18. The Balaban J connectivity index is 3.68. The first-order chi connectivity index (χ1) is 19.7. The SMILES string of the molecule is CCCCCCCCCCCCC=CC[C@@H](O)[C@H](CO)NC(=O)CC=CCCCCCCCCCCCCCC. The molecular formula is C36H69NO3. The van der Waals surface area contributed by atoms with Gasteiger partial charge in [-0.05, 0) is 32.1 Å². The number of allylic oxidation sites excluding steroid dienone is 2. The lowest BCUT2D eigenvalue weighted by atomic mass is 10.0. The molecule has 0 unspecified atom stereocenters. The lowest BCUT2D eigenvalue weighted by molar-refractivity contribution is -0.122. The molecule has 0 rings (SSSR count). The molecule has 0 aliphatic rings. The van der Waals surface area contributed by atoms with Crippen LogP contribution in [0.5, 0.6) is 0 Å². The van der Waals surface area contributed by atoms with E-state index < -0.39 is 12.1 Å². The van der Waals surface area contributed by atoms with Crippen LogP contribution < -0.4 is 5.32 Å². The van der Waals surface area contributed by atoms with Crippen molar-refractivity contribution in [1.29, 1.82) is 0 Å². The summed E-state index contributed by atoms with van der Waals surface area (Å²) < 4.78 is 0. The zero-order chi connectivity index (χ0) is 29.4. The third-order valence-corrected chi connectivity index (χ3v) is 7.97. The van der Waals surface area contributed by atoms with E-state index in [2.05, 4.69) is 31.3 Å². The molecule has 3 N–H and O–H groups in total. The summed E-state index contributed by atoms with van der Waals surface area (Å²) in [5.74, 6) is -0.140. The van der Waals surface area contributed by atoms with Gasteiger partial charge in [0.05, 0.1) is 18.8 Å². The topological polar surface area (TPSA) is 69.6 Å². The molecule has 4 heteroatoms. The number of carbonyl (C=O) groups is 1. The Bertz CT molecular complexity index is 574. The molecule has 1 amide bonds. The normalized spacial score (nSPS) is 13.4. The number of rotatable bonds is 31. The van der Waals surface area contributed by atoms with E-state index in [1.807, 2.05) is 12.2 Å². The van der Waals surface area contributed by atoms with E-state index in [1.54, 1.807) is 0 Å². The molecule has 0 bridgehead atoms. The average Bonchev–Trinajstić information content (AvgIpc) is 2.96. The molecule has 40 heavy (non-hydrogen) atoms. The molecule has 0 fully saturated rings. The molecule has 0 spiro atoms. The van der Waals surface area contributed by atoms with E-state index in [4.69, 9.17) is 0 Å². The van der Waals surface area contributed by atoms with E-state index in [0.717, 1.165) is 12.8 Å². The summed E-state index contributed by atoms with van der Waals surface area (Å²) in [5.41, 5.74) is 0. The van der Waals surface area contributed by atoms with Crippen LogP contribution in [0.15, 0.2) is 24.3 Å². The fraction of sp³-hybridized carbons (Fsp3) is 0.861. The highest BCUT2D eigenvalue weighted by molar-refractivity contribution is 5.77. The molecule has 0 aromatic heterocycles. The van der Waals surface area contributed by atoms with Gasteiger partial charge in [0.1, 0.15) is 0 Å². The van der Waals surface area contributed by atoms with Crippen LogP contribution in [0.3, 0.4) is 0 Å². The summed E-state index contributed by atoms with van der Waals surface area (Å²) in [6.07, 6.45) is 39.7. The monoisotopic (exact) mass is 564 g/mol. The molecule has 0 aromatic rings. The summed E-state index contributed by atoms with van der Waals surface area (Å²) in [6.45, 7) is 4.28. The first-order valence-electron chi connectivity index (χ1n) is 17.5. The van der Waals surface area contributed by atoms with Crippen molar-refractivity contribution in [3.8, 4) is 0 Å². The Morgan fingerprint density at radius 1 is 0.575 bits per heavy atom. The maximum Gasteiger partial charge on any atom is 0.224 e. The molecule has 2 atom stereocenters. The van der Waals surface area contributed by atoms with Crippen LogP contribution in [0.25, 0.3) is 0 Å². The fourth-order valence-electron chi connectivity index (χ4n) is 5.21. The number of aliphatic hydroxyl groups is 2. The molecule has 0 aliphatic carbocycles. The predicted molar refractivity (Wildman–Crippen MR) is 175 cm³/mol. The summed E-state index contributed by atoms with van der Waals surface area (Å²) in [5, 5.41) is 22.8. The summed E-state index contributed by atoms with van der Waals surface area (Å²) >= 11 is 0. The van der Waals surface area contributed by atoms with Gasteiger partial charge < -0.3 is 15.5 Å². The maximum atomic E-state index is 12.2. The van der Waals surface area contributed by atoms with Gasteiger partial charge >= 0.3 is 0 Å². The van der Waals surface area contributed by atoms with Crippen LogP contribution in [0.2, 0.25) is 0 Å². The Kier molecular flexibility index (Phi) is 31.5. The Morgan fingerprint density at radius 2 is 0.950 bits per heavy atom. The minimum absolute atomic E-state index is 0.140. The first kappa shape index (κ1) is 38.9. The number of hydrogen-bond acceptors (Lipinski definition) is 3. The molecule has 0 saturated heterocycles. The Labute approximate surface area is 249 Å². The molecule has 0 aliphatic heterocycles. The minimum atomic E-state index is -0.761. The Morgan fingerprint density at radius 3 is 1.35 bits per heavy atom. The lowest BCUT2D eigenvalue weighted by Crippen LogP contribution is -2.45. The van der Waals surface area contributed by atoms with Crippen LogP contribution in [-0.2, 0) is 4.79 Å². The predicted octanol–water partition coefficient (Wildman–Crippen LogP) is 10.1. The third-order valence-electron chi connectivity index (χ3n) is 7.97. The third kappa shape index (κ3) is 28.4.